The normalized spacial score (nSPS) is 16.2. The number of benzene rings is 1. The van der Waals surface area contributed by atoms with Crippen molar-refractivity contribution in [3.63, 3.8) is 0 Å². The summed E-state index contributed by atoms with van der Waals surface area (Å²) in [4.78, 5) is 2.59. The minimum Gasteiger partial charge on any atom is -0.371 e. The zero-order chi connectivity index (χ0) is 14.5. The average Bonchev–Trinajstić information content (AvgIpc) is 3.22. The van der Waals surface area contributed by atoms with Gasteiger partial charge in [0.15, 0.2) is 0 Å². The van der Waals surface area contributed by atoms with E-state index in [2.05, 4.69) is 65.1 Å². The van der Waals surface area contributed by atoms with Gasteiger partial charge < -0.3 is 10.2 Å². The zero-order valence-corrected chi connectivity index (χ0v) is 14.5. The number of nitrogens with zero attached hydrogens (tertiary/aromatic N) is 1. The summed E-state index contributed by atoms with van der Waals surface area (Å²) in [5, 5.41) is 3.55. The van der Waals surface area contributed by atoms with Gasteiger partial charge in [-0.15, -0.1) is 0 Å². The Morgan fingerprint density at radius 2 is 2.10 bits per heavy atom. The second-order valence-electron chi connectivity index (χ2n) is 5.87. The highest BCUT2D eigenvalue weighted by Crippen LogP contribution is 2.35. The molecule has 0 amide bonds. The van der Waals surface area contributed by atoms with Gasteiger partial charge in [0.25, 0.3) is 0 Å². The average molecular weight is 339 g/mol. The standard InChI is InChI=1S/C17H27BrN2/c1-4-10-20(12-14-6-7-14)17-9-8-15(18)11-16(17)13(3)19-5-2/h8-9,11,13-14,19H,4-7,10,12H2,1-3H3. The summed E-state index contributed by atoms with van der Waals surface area (Å²) >= 11 is 3.62. The van der Waals surface area contributed by atoms with Crippen LogP contribution in [-0.2, 0) is 0 Å². The first-order valence-electron chi connectivity index (χ1n) is 7.93. The lowest BCUT2D eigenvalue weighted by molar-refractivity contribution is 0.593. The largest absolute Gasteiger partial charge is 0.371 e. The highest BCUT2D eigenvalue weighted by atomic mass is 79.9. The molecule has 0 aromatic heterocycles. The first-order chi connectivity index (χ1) is 9.65. The lowest BCUT2D eigenvalue weighted by Crippen LogP contribution is -2.29. The molecule has 0 aliphatic heterocycles. The topological polar surface area (TPSA) is 15.3 Å². The summed E-state index contributed by atoms with van der Waals surface area (Å²) in [5.41, 5.74) is 2.82. The summed E-state index contributed by atoms with van der Waals surface area (Å²) in [5.74, 6) is 0.924. The van der Waals surface area contributed by atoms with Gasteiger partial charge in [-0.1, -0.05) is 29.8 Å². The Morgan fingerprint density at radius 1 is 1.35 bits per heavy atom. The zero-order valence-electron chi connectivity index (χ0n) is 13.0. The first kappa shape index (κ1) is 15.8. The smallest absolute Gasteiger partial charge is 0.0415 e. The van der Waals surface area contributed by atoms with E-state index in [0.29, 0.717) is 6.04 Å². The van der Waals surface area contributed by atoms with Gasteiger partial charge in [0, 0.05) is 29.3 Å². The highest BCUT2D eigenvalue weighted by molar-refractivity contribution is 9.10. The molecule has 0 bridgehead atoms. The second-order valence-corrected chi connectivity index (χ2v) is 6.79. The van der Waals surface area contributed by atoms with Crippen LogP contribution in [0.2, 0.25) is 0 Å². The van der Waals surface area contributed by atoms with Gasteiger partial charge in [-0.25, -0.2) is 0 Å². The maximum Gasteiger partial charge on any atom is 0.0415 e. The van der Waals surface area contributed by atoms with Crippen molar-refractivity contribution in [2.75, 3.05) is 24.5 Å². The van der Waals surface area contributed by atoms with Gasteiger partial charge >= 0.3 is 0 Å². The van der Waals surface area contributed by atoms with E-state index in [1.54, 1.807) is 0 Å². The number of nitrogens with one attached hydrogen (secondary N) is 1. The van der Waals surface area contributed by atoms with E-state index in [9.17, 15) is 0 Å². The third kappa shape index (κ3) is 4.23. The van der Waals surface area contributed by atoms with Gasteiger partial charge in [-0.2, -0.15) is 0 Å². The van der Waals surface area contributed by atoms with Crippen LogP contribution in [-0.4, -0.2) is 19.6 Å². The summed E-state index contributed by atoms with van der Waals surface area (Å²) in [6.07, 6.45) is 4.03. The van der Waals surface area contributed by atoms with E-state index >= 15 is 0 Å². The van der Waals surface area contributed by atoms with E-state index in [0.717, 1.165) is 19.0 Å². The number of anilines is 1. The molecule has 1 aliphatic carbocycles. The summed E-state index contributed by atoms with van der Waals surface area (Å²) in [6, 6.07) is 7.13. The van der Waals surface area contributed by atoms with Crippen LogP contribution in [0.1, 0.15) is 51.6 Å². The van der Waals surface area contributed by atoms with Crippen molar-refractivity contribution >= 4 is 21.6 Å². The minimum absolute atomic E-state index is 0.394. The molecule has 1 N–H and O–H groups in total. The second kappa shape index (κ2) is 7.46. The molecule has 0 spiro atoms. The van der Waals surface area contributed by atoms with Crippen molar-refractivity contribution in [2.45, 2.75) is 46.1 Å². The minimum atomic E-state index is 0.394. The van der Waals surface area contributed by atoms with Gasteiger partial charge in [-0.3, -0.25) is 0 Å². The fraction of sp³-hybridized carbons (Fsp3) is 0.647. The molecule has 3 heteroatoms. The van der Waals surface area contributed by atoms with E-state index in [4.69, 9.17) is 0 Å². The van der Waals surface area contributed by atoms with Crippen LogP contribution >= 0.6 is 15.9 Å². The van der Waals surface area contributed by atoms with Crippen molar-refractivity contribution in [1.29, 1.82) is 0 Å². The van der Waals surface area contributed by atoms with Crippen LogP contribution in [0.5, 0.6) is 0 Å². The third-order valence-electron chi connectivity index (χ3n) is 3.98. The molecule has 0 heterocycles. The number of hydrogen-bond acceptors (Lipinski definition) is 2. The molecular formula is C17H27BrN2. The number of halogens is 1. The Kier molecular flexibility index (Phi) is 5.91. The van der Waals surface area contributed by atoms with Gasteiger partial charge in [0.1, 0.15) is 0 Å². The van der Waals surface area contributed by atoms with E-state index < -0.39 is 0 Å². The monoisotopic (exact) mass is 338 g/mol. The SMILES string of the molecule is CCCN(CC1CC1)c1ccc(Br)cc1C(C)NCC. The Hall–Kier alpha value is -0.540. The lowest BCUT2D eigenvalue weighted by atomic mass is 10.0. The molecule has 20 heavy (non-hydrogen) atoms. The Morgan fingerprint density at radius 3 is 2.70 bits per heavy atom. The summed E-state index contributed by atoms with van der Waals surface area (Å²) < 4.78 is 1.17. The molecule has 1 aromatic rings. The maximum absolute atomic E-state index is 3.62. The number of rotatable bonds is 8. The Balaban J connectivity index is 2.25. The molecule has 1 fully saturated rings. The molecule has 2 rings (SSSR count). The molecule has 1 aliphatic rings. The molecule has 1 saturated carbocycles. The molecule has 1 atom stereocenters. The lowest BCUT2D eigenvalue weighted by Gasteiger charge is -2.29. The van der Waals surface area contributed by atoms with E-state index in [-0.39, 0.29) is 0 Å². The van der Waals surface area contributed by atoms with Crippen molar-refractivity contribution in [3.05, 3.63) is 28.2 Å². The van der Waals surface area contributed by atoms with Gasteiger partial charge in [-0.05, 0) is 62.4 Å². The molecule has 0 radical (unpaired) electrons. The van der Waals surface area contributed by atoms with Crippen LogP contribution in [0.4, 0.5) is 5.69 Å². The van der Waals surface area contributed by atoms with Crippen LogP contribution in [0.3, 0.4) is 0 Å². The molecule has 1 unspecified atom stereocenters. The van der Waals surface area contributed by atoms with Crippen LogP contribution in [0.15, 0.2) is 22.7 Å². The third-order valence-corrected chi connectivity index (χ3v) is 4.47. The fourth-order valence-electron chi connectivity index (χ4n) is 2.77. The van der Waals surface area contributed by atoms with Crippen molar-refractivity contribution < 1.29 is 0 Å². The van der Waals surface area contributed by atoms with Crippen LogP contribution < -0.4 is 10.2 Å². The fourth-order valence-corrected chi connectivity index (χ4v) is 3.15. The van der Waals surface area contributed by atoms with Crippen LogP contribution in [0.25, 0.3) is 0 Å². The summed E-state index contributed by atoms with van der Waals surface area (Å²) in [6.45, 7) is 10.1. The predicted molar refractivity (Wildman–Crippen MR) is 91.5 cm³/mol. The summed E-state index contributed by atoms with van der Waals surface area (Å²) in [7, 11) is 0. The Bertz CT molecular complexity index is 429. The maximum atomic E-state index is 3.62. The highest BCUT2D eigenvalue weighted by Gasteiger charge is 2.25. The first-order valence-corrected chi connectivity index (χ1v) is 8.72. The van der Waals surface area contributed by atoms with Crippen LogP contribution in [0, 0.1) is 5.92 Å². The van der Waals surface area contributed by atoms with Crippen molar-refractivity contribution in [2.24, 2.45) is 5.92 Å². The van der Waals surface area contributed by atoms with Crippen molar-refractivity contribution in [1.82, 2.24) is 5.32 Å². The Labute approximate surface area is 132 Å². The molecule has 112 valence electrons. The molecular weight excluding hydrogens is 312 g/mol. The van der Waals surface area contributed by atoms with E-state index in [1.807, 2.05) is 0 Å². The molecule has 2 nitrogen and oxygen atoms in total. The predicted octanol–water partition coefficient (Wildman–Crippen LogP) is 4.75. The van der Waals surface area contributed by atoms with Gasteiger partial charge in [0.05, 0.1) is 0 Å². The van der Waals surface area contributed by atoms with Gasteiger partial charge in [0.2, 0.25) is 0 Å². The van der Waals surface area contributed by atoms with E-state index in [1.165, 1.54) is 41.5 Å². The number of hydrogen-bond donors (Lipinski definition) is 1. The van der Waals surface area contributed by atoms with Crippen molar-refractivity contribution in [3.8, 4) is 0 Å². The molecule has 0 saturated heterocycles. The molecule has 1 aromatic carbocycles. The quantitative estimate of drug-likeness (QED) is 0.735.